The van der Waals surface area contributed by atoms with Crippen LogP contribution in [0.1, 0.15) is 17.3 Å². The first kappa shape index (κ1) is 12.6. The number of nitro benzene ring substituents is 1. The molecule has 2 N–H and O–H groups in total. The average molecular weight is 238 g/mol. The molecule has 0 saturated heterocycles. The van der Waals surface area contributed by atoms with Crippen molar-refractivity contribution in [1.29, 1.82) is 0 Å². The zero-order valence-electron chi connectivity index (χ0n) is 8.95. The summed E-state index contributed by atoms with van der Waals surface area (Å²) >= 11 is 0. The van der Waals surface area contributed by atoms with Crippen molar-refractivity contribution in [3.63, 3.8) is 0 Å². The number of non-ortho nitro benzene ring substituents is 1. The zero-order chi connectivity index (χ0) is 13.0. The Kier molecular flexibility index (Phi) is 3.76. The van der Waals surface area contributed by atoms with E-state index >= 15 is 0 Å². The van der Waals surface area contributed by atoms with E-state index in [9.17, 15) is 19.7 Å². The van der Waals surface area contributed by atoms with Crippen LogP contribution < -0.4 is 5.73 Å². The molecule has 0 aliphatic heterocycles. The molecule has 17 heavy (non-hydrogen) atoms. The van der Waals surface area contributed by atoms with Crippen LogP contribution in [-0.4, -0.2) is 22.9 Å². The average Bonchev–Trinajstić information content (AvgIpc) is 2.28. The Morgan fingerprint density at radius 3 is 2.29 bits per heavy atom. The number of esters is 1. The lowest BCUT2D eigenvalue weighted by Gasteiger charge is -2.08. The lowest BCUT2D eigenvalue weighted by atomic mass is 10.2. The summed E-state index contributed by atoms with van der Waals surface area (Å²) in [6, 6.07) is 4.83. The Labute approximate surface area is 96.3 Å². The molecule has 7 nitrogen and oxygen atoms in total. The van der Waals surface area contributed by atoms with E-state index in [-0.39, 0.29) is 11.3 Å². The van der Waals surface area contributed by atoms with Gasteiger partial charge in [-0.25, -0.2) is 4.79 Å². The van der Waals surface area contributed by atoms with Gasteiger partial charge in [-0.2, -0.15) is 0 Å². The third kappa shape index (κ3) is 3.26. The predicted octanol–water partition coefficient (Wildman–Crippen LogP) is 0.625. The van der Waals surface area contributed by atoms with Crippen molar-refractivity contribution in [3.05, 3.63) is 39.9 Å². The van der Waals surface area contributed by atoms with Gasteiger partial charge in [0.2, 0.25) is 0 Å². The van der Waals surface area contributed by atoms with Crippen molar-refractivity contribution >= 4 is 17.6 Å². The topological polar surface area (TPSA) is 113 Å². The van der Waals surface area contributed by atoms with E-state index in [0.717, 1.165) is 0 Å². The van der Waals surface area contributed by atoms with Gasteiger partial charge in [0.05, 0.1) is 10.5 Å². The first-order valence-corrected chi connectivity index (χ1v) is 4.66. The number of amides is 1. The van der Waals surface area contributed by atoms with Gasteiger partial charge in [-0.1, -0.05) is 0 Å². The number of nitro groups is 1. The Morgan fingerprint density at radius 2 is 1.88 bits per heavy atom. The SMILES string of the molecule is C[C@@H](OC(=O)c1ccc([N+](=O)[O-])cc1)C(N)=O. The summed E-state index contributed by atoms with van der Waals surface area (Å²) in [6.45, 7) is 1.34. The highest BCUT2D eigenvalue weighted by Crippen LogP contribution is 2.13. The van der Waals surface area contributed by atoms with Crippen LogP contribution in [0.3, 0.4) is 0 Å². The van der Waals surface area contributed by atoms with E-state index in [2.05, 4.69) is 0 Å². The summed E-state index contributed by atoms with van der Waals surface area (Å²) in [5.41, 5.74) is 4.90. The number of primary amides is 1. The molecule has 0 aromatic heterocycles. The number of benzene rings is 1. The number of nitrogens with zero attached hydrogens (tertiary/aromatic N) is 1. The molecule has 1 atom stereocenters. The van der Waals surface area contributed by atoms with Crippen LogP contribution in [0.4, 0.5) is 5.69 Å². The molecule has 1 aromatic carbocycles. The van der Waals surface area contributed by atoms with Gasteiger partial charge in [0.15, 0.2) is 6.10 Å². The molecular weight excluding hydrogens is 228 g/mol. The molecule has 0 heterocycles. The number of carbonyl (C=O) groups is 2. The van der Waals surface area contributed by atoms with Gasteiger partial charge >= 0.3 is 5.97 Å². The molecule has 0 spiro atoms. The summed E-state index contributed by atoms with van der Waals surface area (Å²) in [4.78, 5) is 31.9. The fraction of sp³-hybridized carbons (Fsp3) is 0.200. The fourth-order valence-electron chi connectivity index (χ4n) is 1.01. The summed E-state index contributed by atoms with van der Waals surface area (Å²) < 4.78 is 4.71. The highest BCUT2D eigenvalue weighted by Gasteiger charge is 2.16. The molecule has 0 bridgehead atoms. The van der Waals surface area contributed by atoms with Crippen LogP contribution in [0, 0.1) is 10.1 Å². The molecule has 90 valence electrons. The Morgan fingerprint density at radius 1 is 1.35 bits per heavy atom. The van der Waals surface area contributed by atoms with Gasteiger partial charge in [0, 0.05) is 12.1 Å². The number of hydrogen-bond donors (Lipinski definition) is 1. The van der Waals surface area contributed by atoms with Crippen LogP contribution in [0.15, 0.2) is 24.3 Å². The van der Waals surface area contributed by atoms with E-state index in [1.807, 2.05) is 0 Å². The molecule has 0 unspecified atom stereocenters. The molecule has 7 heteroatoms. The molecular formula is C10H10N2O5. The van der Waals surface area contributed by atoms with Crippen LogP contribution in [0.2, 0.25) is 0 Å². The monoisotopic (exact) mass is 238 g/mol. The van der Waals surface area contributed by atoms with Crippen LogP contribution in [0.25, 0.3) is 0 Å². The predicted molar refractivity (Wildman–Crippen MR) is 57.2 cm³/mol. The lowest BCUT2D eigenvalue weighted by molar-refractivity contribution is -0.384. The van der Waals surface area contributed by atoms with Gasteiger partial charge in [-0.3, -0.25) is 14.9 Å². The van der Waals surface area contributed by atoms with Crippen LogP contribution in [-0.2, 0) is 9.53 Å². The first-order valence-electron chi connectivity index (χ1n) is 4.66. The van der Waals surface area contributed by atoms with Gasteiger partial charge in [-0.15, -0.1) is 0 Å². The van der Waals surface area contributed by atoms with E-state index in [0.29, 0.717) is 0 Å². The molecule has 0 saturated carbocycles. The van der Waals surface area contributed by atoms with E-state index in [4.69, 9.17) is 10.5 Å². The second-order valence-electron chi connectivity index (χ2n) is 3.25. The summed E-state index contributed by atoms with van der Waals surface area (Å²) in [5, 5.41) is 10.4. The Bertz CT molecular complexity index is 454. The maximum Gasteiger partial charge on any atom is 0.338 e. The quantitative estimate of drug-likeness (QED) is 0.469. The smallest absolute Gasteiger partial charge is 0.338 e. The minimum atomic E-state index is -1.04. The van der Waals surface area contributed by atoms with Crippen molar-refractivity contribution in [2.45, 2.75) is 13.0 Å². The number of hydrogen-bond acceptors (Lipinski definition) is 5. The standard InChI is InChI=1S/C10H10N2O5/c1-6(9(11)13)17-10(14)7-2-4-8(5-3-7)12(15)16/h2-6H,1H3,(H2,11,13)/t6-/m1/s1. The minimum absolute atomic E-state index is 0.115. The maximum atomic E-state index is 11.4. The normalized spacial score (nSPS) is 11.6. The number of carbonyl (C=O) groups excluding carboxylic acids is 2. The second kappa shape index (κ2) is 5.06. The summed E-state index contributed by atoms with van der Waals surface area (Å²) in [7, 11) is 0. The number of rotatable bonds is 4. The number of nitrogens with two attached hydrogens (primary N) is 1. The summed E-state index contributed by atoms with van der Waals surface area (Å²) in [6.07, 6.45) is -1.04. The molecule has 1 aromatic rings. The van der Waals surface area contributed by atoms with Gasteiger partial charge in [-0.05, 0) is 19.1 Å². The van der Waals surface area contributed by atoms with Crippen molar-refractivity contribution in [3.8, 4) is 0 Å². The molecule has 1 amide bonds. The van der Waals surface area contributed by atoms with Crippen molar-refractivity contribution < 1.29 is 19.2 Å². The maximum absolute atomic E-state index is 11.4. The van der Waals surface area contributed by atoms with Crippen molar-refractivity contribution in [1.82, 2.24) is 0 Å². The Balaban J connectivity index is 2.77. The summed E-state index contributed by atoms with van der Waals surface area (Å²) in [5.74, 6) is -1.52. The lowest BCUT2D eigenvalue weighted by Crippen LogP contribution is -2.30. The van der Waals surface area contributed by atoms with Crippen molar-refractivity contribution in [2.75, 3.05) is 0 Å². The molecule has 0 aliphatic rings. The fourth-order valence-corrected chi connectivity index (χ4v) is 1.01. The van der Waals surface area contributed by atoms with E-state index in [1.165, 1.54) is 31.2 Å². The zero-order valence-corrected chi connectivity index (χ0v) is 8.95. The van der Waals surface area contributed by atoms with E-state index < -0.39 is 22.9 Å². The Hall–Kier alpha value is -2.44. The first-order chi connectivity index (χ1) is 7.91. The van der Waals surface area contributed by atoms with Gasteiger partial charge in [0.1, 0.15) is 0 Å². The minimum Gasteiger partial charge on any atom is -0.449 e. The largest absolute Gasteiger partial charge is 0.449 e. The molecule has 0 aliphatic carbocycles. The second-order valence-corrected chi connectivity index (χ2v) is 3.25. The third-order valence-corrected chi connectivity index (χ3v) is 2.00. The number of ether oxygens (including phenoxy) is 1. The molecule has 1 rings (SSSR count). The highest BCUT2D eigenvalue weighted by molar-refractivity contribution is 5.92. The third-order valence-electron chi connectivity index (χ3n) is 2.00. The van der Waals surface area contributed by atoms with Crippen molar-refractivity contribution in [2.24, 2.45) is 5.73 Å². The highest BCUT2D eigenvalue weighted by atomic mass is 16.6. The van der Waals surface area contributed by atoms with Gasteiger partial charge < -0.3 is 10.5 Å². The molecule has 0 fully saturated rings. The molecule has 0 radical (unpaired) electrons. The van der Waals surface area contributed by atoms with Crippen LogP contribution >= 0.6 is 0 Å². The van der Waals surface area contributed by atoms with Gasteiger partial charge in [0.25, 0.3) is 11.6 Å². The van der Waals surface area contributed by atoms with E-state index in [1.54, 1.807) is 0 Å². The van der Waals surface area contributed by atoms with Crippen LogP contribution in [0.5, 0.6) is 0 Å².